The molecule has 0 amide bonds. The summed E-state index contributed by atoms with van der Waals surface area (Å²) in [6.45, 7) is 1.87. The topological polar surface area (TPSA) is 81.9 Å². The standard InChI is InChI=1S/C14H17N5O/c15-5-6-18-9-12(16-10-18)14-17-11-3-1-2-4-13(11)19(14)7-8-20/h1-4,9-10,20H,5-8,15H2. The molecular formula is C14H17N5O. The smallest absolute Gasteiger partial charge is 0.161 e. The summed E-state index contributed by atoms with van der Waals surface area (Å²) in [5.41, 5.74) is 8.25. The largest absolute Gasteiger partial charge is 0.395 e. The van der Waals surface area contributed by atoms with Crippen molar-refractivity contribution in [2.24, 2.45) is 5.73 Å². The van der Waals surface area contributed by atoms with Crippen molar-refractivity contribution in [3.8, 4) is 11.5 Å². The average molecular weight is 271 g/mol. The van der Waals surface area contributed by atoms with Crippen molar-refractivity contribution in [3.05, 3.63) is 36.8 Å². The van der Waals surface area contributed by atoms with Gasteiger partial charge in [-0.2, -0.15) is 0 Å². The normalized spacial score (nSPS) is 11.3. The number of hydrogen-bond acceptors (Lipinski definition) is 4. The zero-order chi connectivity index (χ0) is 13.9. The third-order valence-electron chi connectivity index (χ3n) is 3.23. The van der Waals surface area contributed by atoms with Gasteiger partial charge in [-0.1, -0.05) is 12.1 Å². The predicted molar refractivity (Wildman–Crippen MR) is 77.1 cm³/mol. The summed E-state index contributed by atoms with van der Waals surface area (Å²) < 4.78 is 3.93. The Hall–Kier alpha value is -2.18. The number of hydrogen-bond donors (Lipinski definition) is 2. The van der Waals surface area contributed by atoms with E-state index in [9.17, 15) is 5.11 Å². The van der Waals surface area contributed by atoms with Crippen LogP contribution in [-0.4, -0.2) is 37.4 Å². The second-order valence-corrected chi connectivity index (χ2v) is 4.58. The lowest BCUT2D eigenvalue weighted by Gasteiger charge is -2.05. The number of benzene rings is 1. The number of imidazole rings is 2. The fourth-order valence-corrected chi connectivity index (χ4v) is 2.34. The lowest BCUT2D eigenvalue weighted by atomic mass is 10.3. The van der Waals surface area contributed by atoms with Crippen LogP contribution in [0.15, 0.2) is 36.8 Å². The molecule has 104 valence electrons. The molecule has 2 aromatic heterocycles. The second-order valence-electron chi connectivity index (χ2n) is 4.58. The highest BCUT2D eigenvalue weighted by Gasteiger charge is 2.13. The molecule has 2 heterocycles. The summed E-state index contributed by atoms with van der Waals surface area (Å²) in [6, 6.07) is 7.88. The molecule has 0 aliphatic heterocycles. The highest BCUT2D eigenvalue weighted by Crippen LogP contribution is 2.23. The minimum Gasteiger partial charge on any atom is -0.395 e. The van der Waals surface area contributed by atoms with E-state index in [2.05, 4.69) is 9.97 Å². The lowest BCUT2D eigenvalue weighted by Crippen LogP contribution is -2.08. The Bertz CT molecular complexity index is 715. The summed E-state index contributed by atoms with van der Waals surface area (Å²) in [4.78, 5) is 9.01. The van der Waals surface area contributed by atoms with Gasteiger partial charge in [-0.15, -0.1) is 0 Å². The maximum Gasteiger partial charge on any atom is 0.161 e. The SMILES string of the molecule is NCCn1cnc(-c2nc3ccccc3n2CCO)c1. The van der Waals surface area contributed by atoms with Crippen LogP contribution in [0.5, 0.6) is 0 Å². The zero-order valence-electron chi connectivity index (χ0n) is 11.1. The number of rotatable bonds is 5. The van der Waals surface area contributed by atoms with Crippen molar-refractivity contribution in [2.45, 2.75) is 13.1 Å². The minimum absolute atomic E-state index is 0.0663. The quantitative estimate of drug-likeness (QED) is 0.721. The van der Waals surface area contributed by atoms with Crippen LogP contribution in [0.2, 0.25) is 0 Å². The molecule has 3 N–H and O–H groups in total. The van der Waals surface area contributed by atoms with Gasteiger partial charge in [0.25, 0.3) is 0 Å². The third kappa shape index (κ3) is 2.19. The van der Waals surface area contributed by atoms with Crippen molar-refractivity contribution in [2.75, 3.05) is 13.2 Å². The molecule has 0 unspecified atom stereocenters. The minimum atomic E-state index is 0.0663. The molecule has 0 bridgehead atoms. The van der Waals surface area contributed by atoms with Crippen LogP contribution in [0.4, 0.5) is 0 Å². The number of aliphatic hydroxyl groups is 1. The first-order chi connectivity index (χ1) is 9.83. The molecule has 0 radical (unpaired) electrons. The third-order valence-corrected chi connectivity index (χ3v) is 3.23. The van der Waals surface area contributed by atoms with Crippen molar-refractivity contribution in [1.29, 1.82) is 0 Å². The molecule has 0 saturated carbocycles. The van der Waals surface area contributed by atoms with Crippen LogP contribution in [0.25, 0.3) is 22.6 Å². The van der Waals surface area contributed by atoms with E-state index >= 15 is 0 Å². The molecule has 6 nitrogen and oxygen atoms in total. The van der Waals surface area contributed by atoms with Crippen molar-refractivity contribution >= 4 is 11.0 Å². The summed E-state index contributed by atoms with van der Waals surface area (Å²) >= 11 is 0. The van der Waals surface area contributed by atoms with E-state index in [1.54, 1.807) is 6.33 Å². The monoisotopic (exact) mass is 271 g/mol. The van der Waals surface area contributed by atoms with Gasteiger partial charge in [-0.05, 0) is 12.1 Å². The molecule has 0 saturated heterocycles. The van der Waals surface area contributed by atoms with Crippen LogP contribution in [-0.2, 0) is 13.1 Å². The Morgan fingerprint density at radius 2 is 2.05 bits per heavy atom. The van der Waals surface area contributed by atoms with Gasteiger partial charge in [0.15, 0.2) is 5.82 Å². The highest BCUT2D eigenvalue weighted by atomic mass is 16.3. The highest BCUT2D eigenvalue weighted by molar-refractivity contribution is 5.79. The Kier molecular flexibility index (Phi) is 3.49. The Labute approximate surface area is 116 Å². The van der Waals surface area contributed by atoms with Gasteiger partial charge in [0.05, 0.1) is 24.0 Å². The number of aliphatic hydroxyl groups excluding tert-OH is 1. The molecule has 6 heteroatoms. The molecule has 0 aliphatic rings. The predicted octanol–water partition coefficient (Wildman–Crippen LogP) is 0.851. The van der Waals surface area contributed by atoms with Gasteiger partial charge in [-0.25, -0.2) is 9.97 Å². The maximum atomic E-state index is 9.27. The van der Waals surface area contributed by atoms with Crippen LogP contribution in [0, 0.1) is 0 Å². The van der Waals surface area contributed by atoms with E-state index in [4.69, 9.17) is 5.73 Å². The molecule has 1 aromatic carbocycles. The first kappa shape index (κ1) is 12.8. The molecule has 0 aliphatic carbocycles. The summed E-state index contributed by atoms with van der Waals surface area (Å²) in [6.07, 6.45) is 3.69. The Morgan fingerprint density at radius 3 is 2.85 bits per heavy atom. The average Bonchev–Trinajstić information content (AvgIpc) is 3.05. The van der Waals surface area contributed by atoms with Crippen molar-refractivity contribution < 1.29 is 5.11 Å². The summed E-state index contributed by atoms with van der Waals surface area (Å²) in [7, 11) is 0. The van der Waals surface area contributed by atoms with E-state index in [0.717, 1.165) is 29.1 Å². The Morgan fingerprint density at radius 1 is 1.20 bits per heavy atom. The van der Waals surface area contributed by atoms with E-state index in [1.165, 1.54) is 0 Å². The number of nitrogens with two attached hydrogens (primary N) is 1. The van der Waals surface area contributed by atoms with Crippen molar-refractivity contribution in [1.82, 2.24) is 19.1 Å². The number of nitrogens with zero attached hydrogens (tertiary/aromatic N) is 4. The van der Waals surface area contributed by atoms with Gasteiger partial charge in [0, 0.05) is 25.8 Å². The van der Waals surface area contributed by atoms with Gasteiger partial charge < -0.3 is 20.0 Å². The number of para-hydroxylation sites is 2. The maximum absolute atomic E-state index is 9.27. The van der Waals surface area contributed by atoms with E-state index in [-0.39, 0.29) is 6.61 Å². The first-order valence-electron chi connectivity index (χ1n) is 6.62. The van der Waals surface area contributed by atoms with Gasteiger partial charge in [-0.3, -0.25) is 0 Å². The summed E-state index contributed by atoms with van der Waals surface area (Å²) in [5, 5.41) is 9.27. The molecule has 20 heavy (non-hydrogen) atoms. The molecule has 0 fully saturated rings. The first-order valence-corrected chi connectivity index (χ1v) is 6.62. The van der Waals surface area contributed by atoms with Crippen LogP contribution in [0.1, 0.15) is 0 Å². The van der Waals surface area contributed by atoms with Crippen LogP contribution < -0.4 is 5.73 Å². The fourth-order valence-electron chi connectivity index (χ4n) is 2.34. The van der Waals surface area contributed by atoms with E-state index < -0.39 is 0 Å². The number of fused-ring (bicyclic) bond motifs is 1. The zero-order valence-corrected chi connectivity index (χ0v) is 11.1. The van der Waals surface area contributed by atoms with Crippen LogP contribution >= 0.6 is 0 Å². The van der Waals surface area contributed by atoms with Crippen LogP contribution in [0.3, 0.4) is 0 Å². The Balaban J connectivity index is 2.11. The van der Waals surface area contributed by atoms with Gasteiger partial charge in [0.2, 0.25) is 0 Å². The lowest BCUT2D eigenvalue weighted by molar-refractivity contribution is 0.278. The summed E-state index contributed by atoms with van der Waals surface area (Å²) in [5.74, 6) is 0.774. The molecule has 3 rings (SSSR count). The van der Waals surface area contributed by atoms with E-state index in [1.807, 2.05) is 39.6 Å². The molecular weight excluding hydrogens is 254 g/mol. The second kappa shape index (κ2) is 5.44. The van der Waals surface area contributed by atoms with Gasteiger partial charge >= 0.3 is 0 Å². The van der Waals surface area contributed by atoms with E-state index in [0.29, 0.717) is 13.1 Å². The molecule has 3 aromatic rings. The van der Waals surface area contributed by atoms with Gasteiger partial charge in [0.1, 0.15) is 5.69 Å². The van der Waals surface area contributed by atoms with Crippen molar-refractivity contribution in [3.63, 3.8) is 0 Å². The number of aromatic nitrogens is 4. The molecule has 0 spiro atoms. The molecule has 0 atom stereocenters. The fraction of sp³-hybridized carbons (Fsp3) is 0.286.